The molecule has 0 aromatic heterocycles. The number of hydrogen-bond donors (Lipinski definition) is 0. The van der Waals surface area contributed by atoms with Crippen LogP contribution < -0.4 is 14.2 Å². The second kappa shape index (κ2) is 7.42. The number of nitrogens with zero attached hydrogens (tertiary/aromatic N) is 1. The summed E-state index contributed by atoms with van der Waals surface area (Å²) < 4.78 is 79.4. The molecule has 1 atom stereocenters. The molecule has 0 bridgehead atoms. The first-order valence-corrected chi connectivity index (χ1v) is 10.5. The number of rotatable bonds is 4. The molecule has 0 aliphatic carbocycles. The molecule has 2 aliphatic heterocycles. The van der Waals surface area contributed by atoms with Crippen LogP contribution in [0, 0.1) is 0 Å². The van der Waals surface area contributed by atoms with E-state index in [1.165, 1.54) is 4.31 Å². The largest absolute Gasteiger partial charge is 0.573 e. The summed E-state index contributed by atoms with van der Waals surface area (Å²) in [7, 11) is -3.89. The van der Waals surface area contributed by atoms with E-state index in [4.69, 9.17) is 9.47 Å². The van der Waals surface area contributed by atoms with Crippen molar-refractivity contribution in [3.05, 3.63) is 48.0 Å². The Morgan fingerprint density at radius 1 is 1.00 bits per heavy atom. The molecular weight excluding hydrogens is 411 g/mol. The van der Waals surface area contributed by atoms with Crippen molar-refractivity contribution in [3.63, 3.8) is 0 Å². The highest BCUT2D eigenvalue weighted by atomic mass is 32.2. The van der Waals surface area contributed by atoms with E-state index >= 15 is 0 Å². The van der Waals surface area contributed by atoms with Crippen molar-refractivity contribution >= 4 is 10.0 Å². The highest BCUT2D eigenvalue weighted by molar-refractivity contribution is 7.89. The molecule has 156 valence electrons. The average molecular weight is 429 g/mol. The monoisotopic (exact) mass is 429 g/mol. The lowest BCUT2D eigenvalue weighted by Gasteiger charge is -2.26. The molecule has 4 rings (SSSR count). The molecule has 2 heterocycles. The standard InChI is InChI=1S/C19H18F3NO5S/c20-19(21,22)28-14-4-6-15(7-5-14)29(24,25)23-9-1-2-16(23)13-3-8-17-18(12-13)27-11-10-26-17/h3-8,12,16H,1-2,9-11H2/t16-/m1/s1. The summed E-state index contributed by atoms with van der Waals surface area (Å²) >= 11 is 0. The van der Waals surface area contributed by atoms with Gasteiger partial charge in [-0.2, -0.15) is 4.31 Å². The number of sulfonamides is 1. The van der Waals surface area contributed by atoms with Crippen LogP contribution in [0.2, 0.25) is 0 Å². The van der Waals surface area contributed by atoms with Gasteiger partial charge >= 0.3 is 6.36 Å². The molecule has 0 radical (unpaired) electrons. The molecule has 29 heavy (non-hydrogen) atoms. The van der Waals surface area contributed by atoms with Crippen LogP contribution in [0.4, 0.5) is 13.2 Å². The molecule has 1 saturated heterocycles. The molecular formula is C19H18F3NO5S. The fraction of sp³-hybridized carbons (Fsp3) is 0.368. The molecule has 0 N–H and O–H groups in total. The van der Waals surface area contributed by atoms with Crippen molar-refractivity contribution in [2.75, 3.05) is 19.8 Å². The maximum atomic E-state index is 13.1. The van der Waals surface area contributed by atoms with Gasteiger partial charge in [0.2, 0.25) is 10.0 Å². The number of ether oxygens (including phenoxy) is 3. The van der Waals surface area contributed by atoms with Crippen LogP contribution in [-0.4, -0.2) is 38.8 Å². The van der Waals surface area contributed by atoms with E-state index in [1.807, 2.05) is 6.07 Å². The zero-order valence-corrected chi connectivity index (χ0v) is 16.0. The Hall–Kier alpha value is -2.46. The molecule has 10 heteroatoms. The summed E-state index contributed by atoms with van der Waals surface area (Å²) in [6.45, 7) is 1.21. The first kappa shape index (κ1) is 19.8. The minimum absolute atomic E-state index is 0.0866. The van der Waals surface area contributed by atoms with Crippen LogP contribution in [0.5, 0.6) is 17.2 Å². The minimum atomic E-state index is -4.83. The van der Waals surface area contributed by atoms with Crippen molar-refractivity contribution in [3.8, 4) is 17.2 Å². The van der Waals surface area contributed by atoms with E-state index < -0.39 is 22.1 Å². The Balaban J connectivity index is 1.59. The predicted octanol–water partition coefficient (Wildman–Crippen LogP) is 3.88. The van der Waals surface area contributed by atoms with Crippen LogP contribution >= 0.6 is 0 Å². The van der Waals surface area contributed by atoms with Gasteiger partial charge in [0.1, 0.15) is 19.0 Å². The smallest absolute Gasteiger partial charge is 0.486 e. The number of halogens is 3. The van der Waals surface area contributed by atoms with Crippen LogP contribution in [0.1, 0.15) is 24.4 Å². The lowest BCUT2D eigenvalue weighted by Crippen LogP contribution is -2.30. The summed E-state index contributed by atoms with van der Waals surface area (Å²) in [6.07, 6.45) is -3.53. The van der Waals surface area contributed by atoms with Crippen molar-refractivity contribution in [1.82, 2.24) is 4.31 Å². The highest BCUT2D eigenvalue weighted by Gasteiger charge is 2.37. The van der Waals surface area contributed by atoms with Gasteiger partial charge in [-0.15, -0.1) is 13.2 Å². The number of hydrogen-bond acceptors (Lipinski definition) is 5. The van der Waals surface area contributed by atoms with Crippen molar-refractivity contribution in [2.24, 2.45) is 0 Å². The van der Waals surface area contributed by atoms with Gasteiger partial charge < -0.3 is 14.2 Å². The Morgan fingerprint density at radius 3 is 2.38 bits per heavy atom. The molecule has 1 fully saturated rings. The van der Waals surface area contributed by atoms with Gasteiger partial charge in [0.15, 0.2) is 11.5 Å². The lowest BCUT2D eigenvalue weighted by atomic mass is 10.0. The quantitative estimate of drug-likeness (QED) is 0.738. The first-order valence-electron chi connectivity index (χ1n) is 9.01. The van der Waals surface area contributed by atoms with Crippen molar-refractivity contribution in [1.29, 1.82) is 0 Å². The maximum Gasteiger partial charge on any atom is 0.573 e. The fourth-order valence-electron chi connectivity index (χ4n) is 3.58. The van der Waals surface area contributed by atoms with E-state index in [0.717, 1.165) is 29.8 Å². The maximum absolute atomic E-state index is 13.1. The van der Waals surface area contributed by atoms with Crippen LogP contribution in [0.15, 0.2) is 47.4 Å². The third-order valence-electron chi connectivity index (χ3n) is 4.82. The molecule has 0 amide bonds. The number of alkyl halides is 3. The molecule has 6 nitrogen and oxygen atoms in total. The van der Waals surface area contributed by atoms with Gasteiger partial charge in [-0.3, -0.25) is 0 Å². The summed E-state index contributed by atoms with van der Waals surface area (Å²) in [5.74, 6) is 0.723. The average Bonchev–Trinajstić information content (AvgIpc) is 3.17. The Bertz CT molecular complexity index is 992. The lowest BCUT2D eigenvalue weighted by molar-refractivity contribution is -0.274. The fourth-order valence-corrected chi connectivity index (χ4v) is 5.26. The normalized spacial score (nSPS) is 19.9. The molecule has 2 aromatic rings. The zero-order valence-electron chi connectivity index (χ0n) is 15.2. The molecule has 2 aliphatic rings. The highest BCUT2D eigenvalue weighted by Crippen LogP contribution is 2.40. The third kappa shape index (κ3) is 4.13. The van der Waals surface area contributed by atoms with Gasteiger partial charge in [0, 0.05) is 6.54 Å². The van der Waals surface area contributed by atoms with E-state index in [-0.39, 0.29) is 10.9 Å². The molecule has 2 aromatic carbocycles. The third-order valence-corrected chi connectivity index (χ3v) is 6.74. The predicted molar refractivity (Wildman–Crippen MR) is 96.4 cm³/mol. The van der Waals surface area contributed by atoms with Gasteiger partial charge in [-0.1, -0.05) is 6.07 Å². The van der Waals surface area contributed by atoms with E-state index in [0.29, 0.717) is 44.1 Å². The van der Waals surface area contributed by atoms with Crippen LogP contribution in [0.3, 0.4) is 0 Å². The Morgan fingerprint density at radius 2 is 1.69 bits per heavy atom. The van der Waals surface area contributed by atoms with Gasteiger partial charge in [-0.25, -0.2) is 8.42 Å². The topological polar surface area (TPSA) is 65.1 Å². The molecule has 0 spiro atoms. The van der Waals surface area contributed by atoms with Crippen LogP contribution in [-0.2, 0) is 10.0 Å². The first-order chi connectivity index (χ1) is 13.7. The minimum Gasteiger partial charge on any atom is -0.486 e. The van der Waals surface area contributed by atoms with Gasteiger partial charge in [0.05, 0.1) is 10.9 Å². The van der Waals surface area contributed by atoms with Crippen molar-refractivity contribution in [2.45, 2.75) is 30.1 Å². The number of benzene rings is 2. The van der Waals surface area contributed by atoms with E-state index in [2.05, 4.69) is 4.74 Å². The Kier molecular flexibility index (Phi) is 5.07. The van der Waals surface area contributed by atoms with Crippen molar-refractivity contribution < 1.29 is 35.8 Å². The summed E-state index contributed by atoms with van der Waals surface area (Å²) in [5.41, 5.74) is 0.785. The molecule has 0 unspecified atom stereocenters. The van der Waals surface area contributed by atoms with Gasteiger partial charge in [-0.05, 0) is 54.8 Å². The summed E-state index contributed by atoms with van der Waals surface area (Å²) in [5, 5.41) is 0. The second-order valence-corrected chi connectivity index (χ2v) is 8.59. The molecule has 0 saturated carbocycles. The summed E-state index contributed by atoms with van der Waals surface area (Å²) in [6, 6.07) is 9.20. The summed E-state index contributed by atoms with van der Waals surface area (Å²) in [4.78, 5) is -0.0866. The van der Waals surface area contributed by atoms with Gasteiger partial charge in [0.25, 0.3) is 0 Å². The van der Waals surface area contributed by atoms with Crippen LogP contribution in [0.25, 0.3) is 0 Å². The zero-order chi connectivity index (χ0) is 20.6. The second-order valence-electron chi connectivity index (χ2n) is 6.70. The van der Waals surface area contributed by atoms with E-state index in [9.17, 15) is 21.6 Å². The number of fused-ring (bicyclic) bond motifs is 1. The Labute approximate surface area is 165 Å². The van der Waals surface area contributed by atoms with E-state index in [1.54, 1.807) is 12.1 Å². The SMILES string of the molecule is O=S(=O)(c1ccc(OC(F)(F)F)cc1)N1CCC[C@@H]1c1ccc2c(c1)OCCO2.